The molecule has 2 aliphatic carbocycles. The van der Waals surface area contributed by atoms with Crippen LogP contribution in [0, 0.1) is 17.8 Å². The molecule has 3 rings (SSSR count). The summed E-state index contributed by atoms with van der Waals surface area (Å²) in [5.74, 6) is 0.904. The van der Waals surface area contributed by atoms with Crippen molar-refractivity contribution in [2.24, 2.45) is 17.8 Å². The number of fused-ring (bicyclic) bond motifs is 2. The van der Waals surface area contributed by atoms with Gasteiger partial charge in [0.15, 0.2) is 0 Å². The Morgan fingerprint density at radius 2 is 2.05 bits per heavy atom. The van der Waals surface area contributed by atoms with E-state index in [2.05, 4.69) is 5.32 Å². The smallest absolute Gasteiger partial charge is 0.335 e. The first kappa shape index (κ1) is 14.4. The van der Waals surface area contributed by atoms with Gasteiger partial charge < -0.3 is 10.4 Å². The molecule has 4 nitrogen and oxygen atoms in total. The zero-order valence-electron chi connectivity index (χ0n) is 11.6. The lowest BCUT2D eigenvalue weighted by atomic mass is 9.86. The molecule has 0 spiro atoms. The Bertz CT molecular complexity index is 587. The number of anilines is 1. The summed E-state index contributed by atoms with van der Waals surface area (Å²) in [6, 6.07) is 4.38. The molecular formula is C16H18ClNO3. The number of carbonyl (C=O) groups excluding carboxylic acids is 1. The highest BCUT2D eigenvalue weighted by Gasteiger charge is 2.40. The van der Waals surface area contributed by atoms with Gasteiger partial charge in [-0.2, -0.15) is 0 Å². The van der Waals surface area contributed by atoms with Gasteiger partial charge in [0, 0.05) is 17.1 Å². The van der Waals surface area contributed by atoms with Crippen molar-refractivity contribution in [1.29, 1.82) is 0 Å². The van der Waals surface area contributed by atoms with Gasteiger partial charge in [0.05, 0.1) is 5.56 Å². The number of halogens is 1. The fraction of sp³-hybridized carbons (Fsp3) is 0.500. The molecule has 1 amide bonds. The quantitative estimate of drug-likeness (QED) is 0.889. The van der Waals surface area contributed by atoms with Gasteiger partial charge in [-0.3, -0.25) is 4.79 Å². The topological polar surface area (TPSA) is 66.4 Å². The average molecular weight is 308 g/mol. The Kier molecular flexibility index (Phi) is 3.89. The number of rotatable bonds is 4. The molecule has 0 aromatic heterocycles. The summed E-state index contributed by atoms with van der Waals surface area (Å²) in [5, 5.41) is 12.1. The zero-order valence-corrected chi connectivity index (χ0v) is 12.4. The molecule has 0 heterocycles. The van der Waals surface area contributed by atoms with Crippen molar-refractivity contribution in [3.8, 4) is 0 Å². The predicted octanol–water partition coefficient (Wildman–Crippen LogP) is 3.80. The maximum absolute atomic E-state index is 12.1. The molecule has 112 valence electrons. The van der Waals surface area contributed by atoms with Crippen molar-refractivity contribution in [2.45, 2.75) is 32.1 Å². The summed E-state index contributed by atoms with van der Waals surface area (Å²) in [7, 11) is 0. The molecule has 5 heteroatoms. The van der Waals surface area contributed by atoms with Crippen molar-refractivity contribution in [3.63, 3.8) is 0 Å². The number of nitrogens with one attached hydrogen (secondary N) is 1. The molecule has 2 fully saturated rings. The molecule has 3 unspecified atom stereocenters. The maximum Gasteiger partial charge on any atom is 0.335 e. The van der Waals surface area contributed by atoms with Gasteiger partial charge in [-0.15, -0.1) is 0 Å². The van der Waals surface area contributed by atoms with Gasteiger partial charge in [-0.05, 0) is 55.2 Å². The molecule has 0 saturated heterocycles. The first-order chi connectivity index (χ1) is 10.0. The average Bonchev–Trinajstić information content (AvgIpc) is 2.99. The van der Waals surface area contributed by atoms with Crippen molar-refractivity contribution in [1.82, 2.24) is 0 Å². The van der Waals surface area contributed by atoms with Crippen LogP contribution in [0.4, 0.5) is 5.69 Å². The van der Waals surface area contributed by atoms with Crippen LogP contribution in [0.15, 0.2) is 18.2 Å². The van der Waals surface area contributed by atoms with Crippen LogP contribution in [0.25, 0.3) is 0 Å². The van der Waals surface area contributed by atoms with Crippen LogP contribution in [0.2, 0.25) is 5.02 Å². The normalized spacial score (nSPS) is 26.8. The number of benzene rings is 1. The standard InChI is InChI=1S/C16H18ClNO3/c17-13-5-12(16(20)21)6-14(8-13)18-15(19)7-11-4-9-1-2-10(11)3-9/h5-6,8-11H,1-4,7H2,(H,18,19)(H,20,21). The molecule has 1 aromatic carbocycles. The second-order valence-corrected chi connectivity index (χ2v) is 6.66. The van der Waals surface area contributed by atoms with Gasteiger partial charge >= 0.3 is 5.97 Å². The number of hydrogen-bond donors (Lipinski definition) is 2. The van der Waals surface area contributed by atoms with Crippen LogP contribution in [0.3, 0.4) is 0 Å². The highest BCUT2D eigenvalue weighted by molar-refractivity contribution is 6.31. The third kappa shape index (κ3) is 3.21. The maximum atomic E-state index is 12.1. The monoisotopic (exact) mass is 307 g/mol. The fourth-order valence-corrected chi connectivity index (χ4v) is 4.10. The molecule has 2 bridgehead atoms. The number of carbonyl (C=O) groups is 2. The number of carboxylic acid groups (broad SMARTS) is 1. The number of hydrogen-bond acceptors (Lipinski definition) is 2. The minimum Gasteiger partial charge on any atom is -0.478 e. The van der Waals surface area contributed by atoms with E-state index in [1.54, 1.807) is 6.07 Å². The second kappa shape index (κ2) is 5.68. The highest BCUT2D eigenvalue weighted by Crippen LogP contribution is 2.49. The third-order valence-electron chi connectivity index (χ3n) is 4.76. The predicted molar refractivity (Wildman–Crippen MR) is 80.6 cm³/mol. The Hall–Kier alpha value is -1.55. The number of aromatic carboxylic acids is 1. The second-order valence-electron chi connectivity index (χ2n) is 6.22. The van der Waals surface area contributed by atoms with Crippen molar-refractivity contribution in [2.75, 3.05) is 5.32 Å². The Morgan fingerprint density at radius 1 is 1.24 bits per heavy atom. The Morgan fingerprint density at radius 3 is 2.67 bits per heavy atom. The van der Waals surface area contributed by atoms with Crippen LogP contribution in [-0.2, 0) is 4.79 Å². The van der Waals surface area contributed by atoms with Crippen molar-refractivity contribution in [3.05, 3.63) is 28.8 Å². The lowest BCUT2D eigenvalue weighted by molar-refractivity contribution is -0.117. The summed E-state index contributed by atoms with van der Waals surface area (Å²) in [4.78, 5) is 23.1. The molecule has 2 saturated carbocycles. The molecule has 1 aromatic rings. The van der Waals surface area contributed by atoms with Gasteiger partial charge in [0.1, 0.15) is 0 Å². The molecule has 2 N–H and O–H groups in total. The van der Waals surface area contributed by atoms with E-state index in [1.165, 1.54) is 31.4 Å². The van der Waals surface area contributed by atoms with Crippen LogP contribution in [-0.4, -0.2) is 17.0 Å². The summed E-state index contributed by atoms with van der Waals surface area (Å²) in [6.07, 6.45) is 5.53. The van der Waals surface area contributed by atoms with E-state index >= 15 is 0 Å². The number of carboxylic acids is 1. The van der Waals surface area contributed by atoms with Crippen LogP contribution in [0.5, 0.6) is 0 Å². The van der Waals surface area contributed by atoms with Crippen LogP contribution < -0.4 is 5.32 Å². The van der Waals surface area contributed by atoms with Gasteiger partial charge in [-0.1, -0.05) is 18.0 Å². The van der Waals surface area contributed by atoms with Crippen LogP contribution in [0.1, 0.15) is 42.5 Å². The minimum atomic E-state index is -1.05. The SMILES string of the molecule is O=C(CC1CC2CCC1C2)Nc1cc(Cl)cc(C(=O)O)c1. The first-order valence-electron chi connectivity index (χ1n) is 7.35. The summed E-state index contributed by atoms with van der Waals surface area (Å²) < 4.78 is 0. The summed E-state index contributed by atoms with van der Waals surface area (Å²) >= 11 is 5.88. The van der Waals surface area contributed by atoms with E-state index in [4.69, 9.17) is 16.7 Å². The molecular weight excluding hydrogens is 290 g/mol. The molecule has 3 atom stereocenters. The molecule has 0 radical (unpaired) electrons. The van der Waals surface area contributed by atoms with Gasteiger partial charge in [0.2, 0.25) is 5.91 Å². The Balaban J connectivity index is 1.63. The van der Waals surface area contributed by atoms with Crippen molar-refractivity contribution >= 4 is 29.2 Å². The van der Waals surface area contributed by atoms with Gasteiger partial charge in [-0.25, -0.2) is 4.79 Å². The van der Waals surface area contributed by atoms with E-state index in [0.29, 0.717) is 29.0 Å². The lowest BCUT2D eigenvalue weighted by Crippen LogP contribution is -2.20. The minimum absolute atomic E-state index is 0.0499. The molecule has 21 heavy (non-hydrogen) atoms. The fourth-order valence-electron chi connectivity index (χ4n) is 3.86. The van der Waals surface area contributed by atoms with Gasteiger partial charge in [0.25, 0.3) is 0 Å². The van der Waals surface area contributed by atoms with E-state index < -0.39 is 5.97 Å². The zero-order chi connectivity index (χ0) is 15.0. The molecule has 0 aliphatic heterocycles. The van der Waals surface area contributed by atoms with E-state index in [9.17, 15) is 9.59 Å². The van der Waals surface area contributed by atoms with Crippen molar-refractivity contribution < 1.29 is 14.7 Å². The van der Waals surface area contributed by atoms with E-state index in [0.717, 1.165) is 12.3 Å². The molecule has 2 aliphatic rings. The summed E-state index contributed by atoms with van der Waals surface area (Å²) in [6.45, 7) is 0. The largest absolute Gasteiger partial charge is 0.478 e. The Labute approximate surface area is 128 Å². The van der Waals surface area contributed by atoms with Crippen LogP contribution >= 0.6 is 11.6 Å². The lowest BCUT2D eigenvalue weighted by Gasteiger charge is -2.21. The van der Waals surface area contributed by atoms with E-state index in [-0.39, 0.29) is 11.5 Å². The highest BCUT2D eigenvalue weighted by atomic mass is 35.5. The summed E-state index contributed by atoms with van der Waals surface area (Å²) in [5.41, 5.74) is 0.533. The first-order valence-corrected chi connectivity index (χ1v) is 7.73. The van der Waals surface area contributed by atoms with E-state index in [1.807, 2.05) is 0 Å². The number of amides is 1. The third-order valence-corrected chi connectivity index (χ3v) is 4.98.